The molecule has 0 unspecified atom stereocenters. The van der Waals surface area contributed by atoms with Gasteiger partial charge in [-0.1, -0.05) is 32.6 Å². The molecule has 0 aromatic rings. The van der Waals surface area contributed by atoms with E-state index in [4.69, 9.17) is 0 Å². The fourth-order valence-electron chi connectivity index (χ4n) is 2.29. The molecule has 0 saturated heterocycles. The van der Waals surface area contributed by atoms with Crippen LogP contribution in [0.4, 0.5) is 0 Å². The highest BCUT2D eigenvalue weighted by atomic mass is 16.1. The number of carbonyl (C=O) groups excluding carboxylic acids is 1. The van der Waals surface area contributed by atoms with Crippen molar-refractivity contribution in [3.8, 4) is 0 Å². The summed E-state index contributed by atoms with van der Waals surface area (Å²) in [5.74, 6) is 0.114. The van der Waals surface area contributed by atoms with Gasteiger partial charge in [0.2, 0.25) is 5.91 Å². The molecule has 1 aliphatic carbocycles. The van der Waals surface area contributed by atoms with Gasteiger partial charge in [-0.15, -0.1) is 0 Å². The Kier molecular flexibility index (Phi) is 5.09. The highest BCUT2D eigenvalue weighted by Crippen LogP contribution is 2.33. The van der Waals surface area contributed by atoms with E-state index in [0.29, 0.717) is 12.0 Å². The zero-order chi connectivity index (χ0) is 11.1. The van der Waals surface area contributed by atoms with Crippen molar-refractivity contribution in [2.45, 2.75) is 45.4 Å². The Morgan fingerprint density at radius 1 is 1.20 bits per heavy atom. The van der Waals surface area contributed by atoms with E-state index in [0.717, 1.165) is 6.54 Å². The van der Waals surface area contributed by atoms with E-state index in [2.05, 4.69) is 17.6 Å². The normalized spacial score (nSPS) is 20.7. The number of hydrogen-bond acceptors (Lipinski definition) is 2. The van der Waals surface area contributed by atoms with Crippen molar-refractivity contribution in [1.82, 2.24) is 10.6 Å². The fraction of sp³-hybridized carbons (Fsp3) is 0.917. The number of hydrogen-bond donors (Lipinski definition) is 2. The SMILES string of the molecule is CNCC(=O)NCC1(C)CCCCCC1. The Labute approximate surface area is 93.0 Å². The van der Waals surface area contributed by atoms with E-state index in [1.165, 1.54) is 38.5 Å². The summed E-state index contributed by atoms with van der Waals surface area (Å²) in [4.78, 5) is 11.3. The van der Waals surface area contributed by atoms with Crippen LogP contribution in [-0.4, -0.2) is 26.0 Å². The molecule has 0 aromatic heterocycles. The summed E-state index contributed by atoms with van der Waals surface area (Å²) in [6.07, 6.45) is 7.87. The van der Waals surface area contributed by atoms with Gasteiger partial charge in [0.1, 0.15) is 0 Å². The predicted octanol–water partition coefficient (Wildman–Crippen LogP) is 1.68. The summed E-state index contributed by atoms with van der Waals surface area (Å²) in [7, 11) is 1.80. The monoisotopic (exact) mass is 212 g/mol. The maximum atomic E-state index is 11.3. The van der Waals surface area contributed by atoms with Crippen molar-refractivity contribution < 1.29 is 4.79 Å². The lowest BCUT2D eigenvalue weighted by molar-refractivity contribution is -0.120. The molecular formula is C12H24N2O. The molecule has 0 aliphatic heterocycles. The van der Waals surface area contributed by atoms with Crippen LogP contribution in [-0.2, 0) is 4.79 Å². The lowest BCUT2D eigenvalue weighted by Crippen LogP contribution is -2.39. The van der Waals surface area contributed by atoms with Gasteiger partial charge in [-0.2, -0.15) is 0 Å². The summed E-state index contributed by atoms with van der Waals surface area (Å²) in [5, 5.41) is 5.89. The van der Waals surface area contributed by atoms with Gasteiger partial charge in [-0.05, 0) is 25.3 Å². The van der Waals surface area contributed by atoms with Crippen LogP contribution in [0.5, 0.6) is 0 Å². The molecule has 0 aromatic carbocycles. The summed E-state index contributed by atoms with van der Waals surface area (Å²) >= 11 is 0. The van der Waals surface area contributed by atoms with Crippen LogP contribution in [0.1, 0.15) is 45.4 Å². The Bertz CT molecular complexity index is 196. The molecule has 3 heteroatoms. The smallest absolute Gasteiger partial charge is 0.233 e. The lowest BCUT2D eigenvalue weighted by Gasteiger charge is -2.28. The Balaban J connectivity index is 2.30. The van der Waals surface area contributed by atoms with Crippen LogP contribution >= 0.6 is 0 Å². The topological polar surface area (TPSA) is 41.1 Å². The average Bonchev–Trinajstić information content (AvgIpc) is 2.42. The van der Waals surface area contributed by atoms with E-state index < -0.39 is 0 Å². The van der Waals surface area contributed by atoms with Crippen molar-refractivity contribution in [1.29, 1.82) is 0 Å². The van der Waals surface area contributed by atoms with Gasteiger partial charge in [0.15, 0.2) is 0 Å². The van der Waals surface area contributed by atoms with Crippen molar-refractivity contribution in [2.24, 2.45) is 5.41 Å². The summed E-state index contributed by atoms with van der Waals surface area (Å²) in [5.41, 5.74) is 0.333. The van der Waals surface area contributed by atoms with Crippen LogP contribution < -0.4 is 10.6 Å². The number of rotatable bonds is 4. The first kappa shape index (κ1) is 12.5. The summed E-state index contributed by atoms with van der Waals surface area (Å²) < 4.78 is 0. The van der Waals surface area contributed by atoms with Crippen LogP contribution in [0.2, 0.25) is 0 Å². The van der Waals surface area contributed by atoms with Gasteiger partial charge in [-0.25, -0.2) is 0 Å². The first-order chi connectivity index (χ1) is 7.16. The van der Waals surface area contributed by atoms with Gasteiger partial charge in [0.25, 0.3) is 0 Å². The molecule has 0 spiro atoms. The Morgan fingerprint density at radius 3 is 2.33 bits per heavy atom. The highest BCUT2D eigenvalue weighted by Gasteiger charge is 2.25. The standard InChI is InChI=1S/C12H24N2O/c1-12(7-5-3-4-6-8-12)10-14-11(15)9-13-2/h13H,3-10H2,1-2H3,(H,14,15). The second-order valence-corrected chi connectivity index (χ2v) is 5.03. The molecule has 1 fully saturated rings. The molecule has 1 saturated carbocycles. The van der Waals surface area contributed by atoms with Gasteiger partial charge in [-0.3, -0.25) is 4.79 Å². The average molecular weight is 212 g/mol. The predicted molar refractivity (Wildman–Crippen MR) is 62.7 cm³/mol. The summed E-state index contributed by atoms with van der Waals surface area (Å²) in [6, 6.07) is 0. The molecule has 0 bridgehead atoms. The minimum atomic E-state index is 0.114. The minimum absolute atomic E-state index is 0.114. The Hall–Kier alpha value is -0.570. The molecule has 15 heavy (non-hydrogen) atoms. The minimum Gasteiger partial charge on any atom is -0.354 e. The molecule has 0 atom stereocenters. The molecule has 88 valence electrons. The largest absolute Gasteiger partial charge is 0.354 e. The number of nitrogens with one attached hydrogen (secondary N) is 2. The van der Waals surface area contributed by atoms with Crippen LogP contribution in [0, 0.1) is 5.41 Å². The van der Waals surface area contributed by atoms with E-state index in [1.807, 2.05) is 0 Å². The number of likely N-dealkylation sites (N-methyl/N-ethyl adjacent to an activating group) is 1. The molecule has 3 nitrogen and oxygen atoms in total. The van der Waals surface area contributed by atoms with E-state index in [1.54, 1.807) is 7.05 Å². The van der Waals surface area contributed by atoms with Gasteiger partial charge < -0.3 is 10.6 Å². The third-order valence-electron chi connectivity index (χ3n) is 3.36. The van der Waals surface area contributed by atoms with Crippen molar-refractivity contribution in [3.05, 3.63) is 0 Å². The zero-order valence-electron chi connectivity index (χ0n) is 10.1. The molecular weight excluding hydrogens is 188 g/mol. The quantitative estimate of drug-likeness (QED) is 0.696. The molecule has 1 amide bonds. The first-order valence-corrected chi connectivity index (χ1v) is 6.08. The van der Waals surface area contributed by atoms with Crippen molar-refractivity contribution in [3.63, 3.8) is 0 Å². The number of amides is 1. The van der Waals surface area contributed by atoms with E-state index >= 15 is 0 Å². The lowest BCUT2D eigenvalue weighted by atomic mass is 9.82. The van der Waals surface area contributed by atoms with Crippen LogP contribution in [0.15, 0.2) is 0 Å². The highest BCUT2D eigenvalue weighted by molar-refractivity contribution is 5.77. The first-order valence-electron chi connectivity index (χ1n) is 6.08. The molecule has 0 radical (unpaired) electrons. The maximum absolute atomic E-state index is 11.3. The van der Waals surface area contributed by atoms with E-state index in [9.17, 15) is 4.79 Å². The summed E-state index contributed by atoms with van der Waals surface area (Å²) in [6.45, 7) is 3.57. The van der Waals surface area contributed by atoms with Crippen molar-refractivity contribution >= 4 is 5.91 Å². The second kappa shape index (κ2) is 6.11. The number of carbonyl (C=O) groups is 1. The zero-order valence-corrected chi connectivity index (χ0v) is 10.1. The van der Waals surface area contributed by atoms with Gasteiger partial charge in [0, 0.05) is 6.54 Å². The van der Waals surface area contributed by atoms with Gasteiger partial charge in [0.05, 0.1) is 6.54 Å². The second-order valence-electron chi connectivity index (χ2n) is 5.03. The Morgan fingerprint density at radius 2 is 1.80 bits per heavy atom. The fourth-order valence-corrected chi connectivity index (χ4v) is 2.29. The maximum Gasteiger partial charge on any atom is 0.233 e. The molecule has 0 heterocycles. The van der Waals surface area contributed by atoms with Crippen LogP contribution in [0.25, 0.3) is 0 Å². The third-order valence-corrected chi connectivity index (χ3v) is 3.36. The van der Waals surface area contributed by atoms with Gasteiger partial charge >= 0.3 is 0 Å². The molecule has 1 aliphatic rings. The molecule has 1 rings (SSSR count). The van der Waals surface area contributed by atoms with Crippen LogP contribution in [0.3, 0.4) is 0 Å². The van der Waals surface area contributed by atoms with E-state index in [-0.39, 0.29) is 5.91 Å². The third kappa shape index (κ3) is 4.65. The van der Waals surface area contributed by atoms with Crippen molar-refractivity contribution in [2.75, 3.05) is 20.1 Å². The molecule has 2 N–H and O–H groups in total.